The van der Waals surface area contributed by atoms with Gasteiger partial charge in [0.2, 0.25) is 0 Å². The van der Waals surface area contributed by atoms with Crippen LogP contribution in [-0.4, -0.2) is 51.3 Å². The Morgan fingerprint density at radius 2 is 1.58 bits per heavy atom. The number of amides is 1. The fourth-order valence-corrected chi connectivity index (χ4v) is 6.29. The summed E-state index contributed by atoms with van der Waals surface area (Å²) in [4.78, 5) is 37.5. The van der Waals surface area contributed by atoms with Gasteiger partial charge in [-0.05, 0) is 86.8 Å². The van der Waals surface area contributed by atoms with Crippen LogP contribution in [0.3, 0.4) is 0 Å². The molecule has 8 heteroatoms. The number of hydrogen-bond donors (Lipinski definition) is 1. The van der Waals surface area contributed by atoms with Gasteiger partial charge in [-0.2, -0.15) is 0 Å². The number of esters is 2. The topological polar surface area (TPSA) is 100 Å². The molecule has 2 aliphatic carbocycles. The Morgan fingerprint density at radius 1 is 0.814 bits per heavy atom. The number of benzene rings is 2. The van der Waals surface area contributed by atoms with E-state index in [9.17, 15) is 14.4 Å². The van der Waals surface area contributed by atoms with Gasteiger partial charge in [0.15, 0.2) is 0 Å². The summed E-state index contributed by atoms with van der Waals surface area (Å²) in [7, 11) is 2.69. The molecule has 2 aromatic rings. The first-order valence-electron chi connectivity index (χ1n) is 15.9. The molecular weight excluding hydrogens is 546 g/mol. The summed E-state index contributed by atoms with van der Waals surface area (Å²) in [6.45, 7) is 1.17. The molecular formula is C35H47NO7. The van der Waals surface area contributed by atoms with E-state index in [1.165, 1.54) is 64.4 Å². The van der Waals surface area contributed by atoms with E-state index in [2.05, 4.69) is 17.4 Å². The van der Waals surface area contributed by atoms with Crippen molar-refractivity contribution in [2.75, 3.05) is 27.4 Å². The quantitative estimate of drug-likeness (QED) is 0.193. The lowest BCUT2D eigenvalue weighted by Crippen LogP contribution is -2.40. The fraction of sp³-hybridized carbons (Fsp3) is 0.571. The SMILES string of the molecule is COC(=O)c1ccc(OCCCc2ccc(OCCCC3CCCCC3)cc2)c(C(=O)NC2CCCC(C(=O)OC)C2)c1. The average Bonchev–Trinajstić information content (AvgIpc) is 3.05. The summed E-state index contributed by atoms with van der Waals surface area (Å²) in [5.74, 6) is 0.848. The predicted molar refractivity (Wildman–Crippen MR) is 165 cm³/mol. The smallest absolute Gasteiger partial charge is 0.337 e. The largest absolute Gasteiger partial charge is 0.494 e. The van der Waals surface area contributed by atoms with E-state index in [1.54, 1.807) is 12.1 Å². The number of rotatable bonds is 14. The third-order valence-electron chi connectivity index (χ3n) is 8.73. The molecule has 2 fully saturated rings. The molecule has 4 rings (SSSR count). The molecule has 43 heavy (non-hydrogen) atoms. The van der Waals surface area contributed by atoms with Crippen LogP contribution in [0.15, 0.2) is 42.5 Å². The second kappa shape index (κ2) is 16.9. The number of ether oxygens (including phenoxy) is 4. The number of carbonyl (C=O) groups excluding carboxylic acids is 3. The van der Waals surface area contributed by atoms with E-state index < -0.39 is 5.97 Å². The minimum Gasteiger partial charge on any atom is -0.494 e. The third kappa shape index (κ3) is 10.0. The van der Waals surface area contributed by atoms with Gasteiger partial charge in [0.1, 0.15) is 11.5 Å². The van der Waals surface area contributed by atoms with Gasteiger partial charge in [0.25, 0.3) is 5.91 Å². The zero-order chi connectivity index (χ0) is 30.4. The van der Waals surface area contributed by atoms with E-state index in [0.29, 0.717) is 18.8 Å². The van der Waals surface area contributed by atoms with Crippen LogP contribution >= 0.6 is 0 Å². The van der Waals surface area contributed by atoms with Crippen LogP contribution in [0.25, 0.3) is 0 Å². The predicted octanol–water partition coefficient (Wildman–Crippen LogP) is 6.69. The molecule has 2 aliphatic rings. The Labute approximate surface area is 255 Å². The molecule has 0 radical (unpaired) electrons. The van der Waals surface area contributed by atoms with Crippen molar-refractivity contribution in [3.8, 4) is 11.5 Å². The molecule has 0 spiro atoms. The fourth-order valence-electron chi connectivity index (χ4n) is 6.29. The summed E-state index contributed by atoms with van der Waals surface area (Å²) in [6.07, 6.45) is 13.8. The van der Waals surface area contributed by atoms with Gasteiger partial charge in [-0.3, -0.25) is 9.59 Å². The van der Waals surface area contributed by atoms with Crippen molar-refractivity contribution in [1.82, 2.24) is 5.32 Å². The van der Waals surface area contributed by atoms with Gasteiger partial charge in [0.05, 0.1) is 44.5 Å². The highest BCUT2D eigenvalue weighted by atomic mass is 16.5. The Kier molecular flexibility index (Phi) is 12.7. The second-order valence-electron chi connectivity index (χ2n) is 11.9. The zero-order valence-corrected chi connectivity index (χ0v) is 25.7. The normalized spacial score (nSPS) is 18.8. The number of aryl methyl sites for hydroxylation is 1. The standard InChI is InChI=1S/C35H47NO7/c1-40-34(38)27-13-6-14-29(23-27)36-33(37)31-24-28(35(39)41-2)17-20-32(31)43-22-8-12-26-15-18-30(19-16-26)42-21-7-11-25-9-4-3-5-10-25/h15-20,24-25,27,29H,3-14,21-23H2,1-2H3,(H,36,37). The summed E-state index contributed by atoms with van der Waals surface area (Å²) in [5.41, 5.74) is 1.73. The van der Waals surface area contributed by atoms with Crippen LogP contribution in [-0.2, 0) is 20.7 Å². The highest BCUT2D eigenvalue weighted by molar-refractivity contribution is 6.00. The molecule has 234 valence electrons. The molecule has 0 aromatic heterocycles. The Balaban J connectivity index is 1.26. The second-order valence-corrected chi connectivity index (χ2v) is 11.9. The lowest BCUT2D eigenvalue weighted by Gasteiger charge is -2.28. The van der Waals surface area contributed by atoms with Crippen molar-refractivity contribution in [2.45, 2.75) is 89.5 Å². The van der Waals surface area contributed by atoms with Crippen molar-refractivity contribution in [3.63, 3.8) is 0 Å². The maximum atomic E-state index is 13.3. The first-order valence-corrected chi connectivity index (χ1v) is 15.9. The molecule has 2 saturated carbocycles. The monoisotopic (exact) mass is 593 g/mol. The molecule has 0 heterocycles. The van der Waals surface area contributed by atoms with Crippen LogP contribution in [0.1, 0.15) is 103 Å². The van der Waals surface area contributed by atoms with Gasteiger partial charge in [0, 0.05) is 6.04 Å². The van der Waals surface area contributed by atoms with Crippen LogP contribution < -0.4 is 14.8 Å². The summed E-state index contributed by atoms with van der Waals surface area (Å²) >= 11 is 0. The highest BCUT2D eigenvalue weighted by Crippen LogP contribution is 2.28. The lowest BCUT2D eigenvalue weighted by atomic mass is 9.85. The first-order chi connectivity index (χ1) is 21.0. The summed E-state index contributed by atoms with van der Waals surface area (Å²) < 4.78 is 21.8. The minimum absolute atomic E-state index is 0.163. The Bertz CT molecular complexity index is 1190. The molecule has 0 aliphatic heterocycles. The molecule has 2 aromatic carbocycles. The van der Waals surface area contributed by atoms with Gasteiger partial charge in [-0.15, -0.1) is 0 Å². The van der Waals surface area contributed by atoms with Crippen LogP contribution in [0.4, 0.5) is 0 Å². The molecule has 0 saturated heterocycles. The molecule has 1 N–H and O–H groups in total. The van der Waals surface area contributed by atoms with Gasteiger partial charge in [-0.25, -0.2) is 4.79 Å². The average molecular weight is 594 g/mol. The van der Waals surface area contributed by atoms with Crippen molar-refractivity contribution in [2.24, 2.45) is 11.8 Å². The van der Waals surface area contributed by atoms with E-state index in [4.69, 9.17) is 18.9 Å². The molecule has 2 atom stereocenters. The molecule has 2 unspecified atom stereocenters. The van der Waals surface area contributed by atoms with Crippen LogP contribution in [0.5, 0.6) is 11.5 Å². The van der Waals surface area contributed by atoms with Crippen molar-refractivity contribution in [3.05, 3.63) is 59.2 Å². The number of methoxy groups -OCH3 is 2. The van der Waals surface area contributed by atoms with Crippen LogP contribution in [0.2, 0.25) is 0 Å². The number of carbonyl (C=O) groups is 3. The van der Waals surface area contributed by atoms with Gasteiger partial charge < -0.3 is 24.3 Å². The van der Waals surface area contributed by atoms with Gasteiger partial charge >= 0.3 is 11.9 Å². The Morgan fingerprint density at radius 3 is 2.33 bits per heavy atom. The summed E-state index contributed by atoms with van der Waals surface area (Å²) in [6, 6.07) is 12.8. The van der Waals surface area contributed by atoms with E-state index in [0.717, 1.165) is 56.8 Å². The maximum Gasteiger partial charge on any atom is 0.337 e. The molecule has 0 bridgehead atoms. The number of hydrogen-bond acceptors (Lipinski definition) is 7. The number of nitrogens with one attached hydrogen (secondary N) is 1. The van der Waals surface area contributed by atoms with Crippen molar-refractivity contribution < 1.29 is 33.3 Å². The maximum absolute atomic E-state index is 13.3. The van der Waals surface area contributed by atoms with Gasteiger partial charge in [-0.1, -0.05) is 50.7 Å². The van der Waals surface area contributed by atoms with Crippen molar-refractivity contribution >= 4 is 17.8 Å². The highest BCUT2D eigenvalue weighted by Gasteiger charge is 2.29. The third-order valence-corrected chi connectivity index (χ3v) is 8.73. The Hall–Kier alpha value is -3.55. The van der Waals surface area contributed by atoms with E-state index in [-0.39, 0.29) is 35.0 Å². The van der Waals surface area contributed by atoms with Crippen molar-refractivity contribution in [1.29, 1.82) is 0 Å². The zero-order valence-electron chi connectivity index (χ0n) is 25.7. The van der Waals surface area contributed by atoms with E-state index >= 15 is 0 Å². The molecule has 8 nitrogen and oxygen atoms in total. The van der Waals surface area contributed by atoms with Crippen LogP contribution in [0, 0.1) is 11.8 Å². The summed E-state index contributed by atoms with van der Waals surface area (Å²) in [5, 5.41) is 3.03. The lowest BCUT2D eigenvalue weighted by molar-refractivity contribution is -0.146. The minimum atomic E-state index is -0.527. The molecule has 1 amide bonds. The van der Waals surface area contributed by atoms with E-state index in [1.807, 2.05) is 12.1 Å². The first kappa shape index (κ1) is 32.4.